The summed E-state index contributed by atoms with van der Waals surface area (Å²) in [4.78, 5) is 24.6. The highest BCUT2D eigenvalue weighted by Crippen LogP contribution is 2.22. The van der Waals surface area contributed by atoms with Crippen molar-refractivity contribution in [2.24, 2.45) is 0 Å². The van der Waals surface area contributed by atoms with Crippen molar-refractivity contribution in [1.82, 2.24) is 10.6 Å². The van der Waals surface area contributed by atoms with Crippen LogP contribution in [-0.2, 0) is 9.59 Å². The first-order chi connectivity index (χ1) is 15.4. The maximum absolute atomic E-state index is 14.0. The second kappa shape index (κ2) is 11.3. The first-order valence-corrected chi connectivity index (χ1v) is 10.5. The molecular formula is C25H24ClFN2O3. The molecule has 0 heterocycles. The van der Waals surface area contributed by atoms with Gasteiger partial charge in [-0.15, -0.1) is 0 Å². The third kappa shape index (κ3) is 6.82. The lowest BCUT2D eigenvalue weighted by atomic mass is 10.0. The van der Waals surface area contributed by atoms with Crippen LogP contribution >= 0.6 is 11.6 Å². The molecule has 0 radical (unpaired) electrons. The maximum Gasteiger partial charge on any atom is 0.223 e. The topological polar surface area (TPSA) is 67.4 Å². The van der Waals surface area contributed by atoms with Gasteiger partial charge in [0.2, 0.25) is 11.8 Å². The number of benzene rings is 3. The fourth-order valence-corrected chi connectivity index (χ4v) is 3.40. The first-order valence-electron chi connectivity index (χ1n) is 10.2. The standard InChI is InChI=1S/C25H24ClFN2O3/c1-17(30)28-22(19-11-13-20(26)14-12-19)15-25(31)29-23(18-7-3-2-4-8-18)16-32-24-10-6-5-9-21(24)27/h2-14,22-23H,15-16H2,1H3,(H,28,30)(H,29,31). The molecule has 3 rings (SSSR count). The number of nitrogens with one attached hydrogen (secondary N) is 2. The van der Waals surface area contributed by atoms with Crippen LogP contribution in [0.25, 0.3) is 0 Å². The van der Waals surface area contributed by atoms with E-state index in [0.717, 1.165) is 11.1 Å². The normalized spacial score (nSPS) is 12.5. The molecule has 0 fully saturated rings. The molecule has 3 aromatic rings. The zero-order valence-electron chi connectivity index (χ0n) is 17.6. The van der Waals surface area contributed by atoms with Gasteiger partial charge in [0.1, 0.15) is 6.61 Å². The van der Waals surface area contributed by atoms with E-state index < -0.39 is 17.9 Å². The Morgan fingerprint density at radius 3 is 2.16 bits per heavy atom. The fourth-order valence-electron chi connectivity index (χ4n) is 3.27. The Hall–Kier alpha value is -3.38. The summed E-state index contributed by atoms with van der Waals surface area (Å²) in [6, 6.07) is 21.3. The van der Waals surface area contributed by atoms with Crippen molar-refractivity contribution in [3.05, 3.63) is 101 Å². The third-order valence-electron chi connectivity index (χ3n) is 4.82. The number of hydrogen-bond donors (Lipinski definition) is 2. The molecular weight excluding hydrogens is 431 g/mol. The Morgan fingerprint density at radius 2 is 1.50 bits per heavy atom. The highest BCUT2D eigenvalue weighted by atomic mass is 35.5. The molecule has 2 N–H and O–H groups in total. The van der Waals surface area contributed by atoms with Gasteiger partial charge in [-0.3, -0.25) is 9.59 Å². The molecule has 32 heavy (non-hydrogen) atoms. The van der Waals surface area contributed by atoms with Crippen LogP contribution in [0.15, 0.2) is 78.9 Å². The van der Waals surface area contributed by atoms with Gasteiger partial charge in [0.15, 0.2) is 11.6 Å². The molecule has 0 bridgehead atoms. The summed E-state index contributed by atoms with van der Waals surface area (Å²) in [5, 5.41) is 6.31. The highest BCUT2D eigenvalue weighted by molar-refractivity contribution is 6.30. The van der Waals surface area contributed by atoms with Gasteiger partial charge in [0.05, 0.1) is 18.5 Å². The summed E-state index contributed by atoms with van der Waals surface area (Å²) in [5.74, 6) is -0.899. The Labute approximate surface area is 191 Å². The van der Waals surface area contributed by atoms with Crippen LogP contribution in [-0.4, -0.2) is 18.4 Å². The molecule has 2 atom stereocenters. The quantitative estimate of drug-likeness (QED) is 0.479. The van der Waals surface area contributed by atoms with E-state index in [2.05, 4.69) is 10.6 Å². The van der Waals surface area contributed by atoms with E-state index >= 15 is 0 Å². The van der Waals surface area contributed by atoms with Gasteiger partial charge in [-0.25, -0.2) is 4.39 Å². The van der Waals surface area contributed by atoms with Crippen LogP contribution in [0.3, 0.4) is 0 Å². The van der Waals surface area contributed by atoms with Gasteiger partial charge in [-0.05, 0) is 35.4 Å². The van der Waals surface area contributed by atoms with E-state index in [-0.39, 0.29) is 30.6 Å². The van der Waals surface area contributed by atoms with Crippen LogP contribution in [0.5, 0.6) is 5.75 Å². The maximum atomic E-state index is 14.0. The van der Waals surface area contributed by atoms with E-state index in [0.29, 0.717) is 5.02 Å². The number of halogens is 2. The van der Waals surface area contributed by atoms with Crippen LogP contribution in [0.1, 0.15) is 36.6 Å². The average Bonchev–Trinajstić information content (AvgIpc) is 2.78. The van der Waals surface area contributed by atoms with E-state index in [9.17, 15) is 14.0 Å². The lowest BCUT2D eigenvalue weighted by Crippen LogP contribution is -2.36. The minimum Gasteiger partial charge on any atom is -0.488 e. The van der Waals surface area contributed by atoms with Gasteiger partial charge in [0, 0.05) is 11.9 Å². The van der Waals surface area contributed by atoms with Crippen LogP contribution in [0, 0.1) is 5.82 Å². The number of carbonyl (C=O) groups is 2. The minimum absolute atomic E-state index is 0.0181. The van der Waals surface area contributed by atoms with E-state index in [4.69, 9.17) is 16.3 Å². The molecule has 2 amide bonds. The summed E-state index contributed by atoms with van der Waals surface area (Å²) < 4.78 is 19.6. The largest absolute Gasteiger partial charge is 0.488 e. The Balaban J connectivity index is 1.73. The van der Waals surface area contributed by atoms with Gasteiger partial charge >= 0.3 is 0 Å². The molecule has 0 aliphatic rings. The zero-order valence-corrected chi connectivity index (χ0v) is 18.3. The molecule has 0 aromatic heterocycles. The van der Waals surface area contributed by atoms with Gasteiger partial charge < -0.3 is 15.4 Å². The smallest absolute Gasteiger partial charge is 0.223 e. The van der Waals surface area contributed by atoms with Crippen molar-refractivity contribution >= 4 is 23.4 Å². The molecule has 5 nitrogen and oxygen atoms in total. The number of para-hydroxylation sites is 1. The lowest BCUT2D eigenvalue weighted by Gasteiger charge is -2.23. The Morgan fingerprint density at radius 1 is 0.875 bits per heavy atom. The van der Waals surface area contributed by atoms with Gasteiger partial charge in [0.25, 0.3) is 0 Å². The molecule has 3 aromatic carbocycles. The molecule has 0 aliphatic carbocycles. The fraction of sp³-hybridized carbons (Fsp3) is 0.200. The molecule has 7 heteroatoms. The van der Waals surface area contributed by atoms with E-state index in [1.54, 1.807) is 36.4 Å². The second-order valence-electron chi connectivity index (χ2n) is 7.28. The van der Waals surface area contributed by atoms with Crippen molar-refractivity contribution < 1.29 is 18.7 Å². The van der Waals surface area contributed by atoms with Gasteiger partial charge in [-0.1, -0.05) is 66.2 Å². The predicted octanol–water partition coefficient (Wildman–Crippen LogP) is 4.98. The number of ether oxygens (including phenoxy) is 1. The highest BCUT2D eigenvalue weighted by Gasteiger charge is 2.21. The summed E-state index contributed by atoms with van der Waals surface area (Å²) >= 11 is 5.95. The average molecular weight is 455 g/mol. The van der Waals surface area contributed by atoms with E-state index in [1.807, 2.05) is 30.3 Å². The molecule has 0 saturated heterocycles. The molecule has 0 aliphatic heterocycles. The van der Waals surface area contributed by atoms with Crippen molar-refractivity contribution in [2.45, 2.75) is 25.4 Å². The van der Waals surface area contributed by atoms with E-state index in [1.165, 1.54) is 19.1 Å². The predicted molar refractivity (Wildman–Crippen MR) is 122 cm³/mol. The molecule has 166 valence electrons. The second-order valence-corrected chi connectivity index (χ2v) is 7.72. The Bertz CT molecular complexity index is 1040. The summed E-state index contributed by atoms with van der Waals surface area (Å²) in [5.41, 5.74) is 1.58. The number of hydrogen-bond acceptors (Lipinski definition) is 3. The molecule has 0 saturated carbocycles. The number of rotatable bonds is 9. The third-order valence-corrected chi connectivity index (χ3v) is 5.07. The molecule has 0 spiro atoms. The summed E-state index contributed by atoms with van der Waals surface area (Å²) in [6.45, 7) is 1.44. The summed E-state index contributed by atoms with van der Waals surface area (Å²) in [6.07, 6.45) is 0.0181. The van der Waals surface area contributed by atoms with Crippen molar-refractivity contribution in [2.75, 3.05) is 6.61 Å². The lowest BCUT2D eigenvalue weighted by molar-refractivity contribution is -0.123. The minimum atomic E-state index is -0.520. The Kier molecular flexibility index (Phi) is 8.22. The van der Waals surface area contributed by atoms with Crippen LogP contribution in [0.4, 0.5) is 4.39 Å². The molecule has 2 unspecified atom stereocenters. The summed E-state index contributed by atoms with van der Waals surface area (Å²) in [7, 11) is 0. The SMILES string of the molecule is CC(=O)NC(CC(=O)NC(COc1ccccc1F)c1ccccc1)c1ccc(Cl)cc1. The first kappa shape index (κ1) is 23.3. The van der Waals surface area contributed by atoms with Crippen molar-refractivity contribution in [3.63, 3.8) is 0 Å². The van der Waals surface area contributed by atoms with Gasteiger partial charge in [-0.2, -0.15) is 0 Å². The number of carbonyl (C=O) groups excluding carboxylic acids is 2. The number of amides is 2. The van der Waals surface area contributed by atoms with Crippen molar-refractivity contribution in [3.8, 4) is 5.75 Å². The monoisotopic (exact) mass is 454 g/mol. The van der Waals surface area contributed by atoms with Crippen LogP contribution in [0.2, 0.25) is 5.02 Å². The van der Waals surface area contributed by atoms with Crippen LogP contribution < -0.4 is 15.4 Å². The van der Waals surface area contributed by atoms with Crippen molar-refractivity contribution in [1.29, 1.82) is 0 Å². The zero-order chi connectivity index (χ0) is 22.9.